The van der Waals surface area contributed by atoms with Gasteiger partial charge < -0.3 is 4.52 Å². The predicted molar refractivity (Wildman–Crippen MR) is 37.7 cm³/mol. The minimum Gasteiger partial charge on any atom is -0.357 e. The molecule has 2 N–H and O–H groups in total. The summed E-state index contributed by atoms with van der Waals surface area (Å²) in [6.07, 6.45) is 0. The molecule has 0 unspecified atom stereocenters. The van der Waals surface area contributed by atoms with Crippen molar-refractivity contribution in [1.82, 2.24) is 5.16 Å². The van der Waals surface area contributed by atoms with Gasteiger partial charge in [0.25, 0.3) is 0 Å². The van der Waals surface area contributed by atoms with Crippen LogP contribution in [-0.2, 0) is 11.4 Å². The molecule has 1 heterocycles. The second kappa shape index (κ2) is 4.51. The molecule has 0 aromatic carbocycles. The Morgan fingerprint density at radius 3 is 2.90 bits per heavy atom. The molecule has 1 rings (SSSR count). The molecule has 10 heavy (non-hydrogen) atoms. The van der Waals surface area contributed by atoms with Crippen molar-refractivity contribution in [3.63, 3.8) is 0 Å². The van der Waals surface area contributed by atoms with Crippen LogP contribution in [0.3, 0.4) is 0 Å². The summed E-state index contributed by atoms with van der Waals surface area (Å²) < 4.78 is 4.62. The van der Waals surface area contributed by atoms with Gasteiger partial charge in [0, 0.05) is 6.07 Å². The fraction of sp³-hybridized carbons (Fsp3) is 0.250. The molecule has 6 heteroatoms. The summed E-state index contributed by atoms with van der Waals surface area (Å²) in [6, 6.07) is 1.54. The van der Waals surface area contributed by atoms with Gasteiger partial charge in [0.2, 0.25) is 0 Å². The van der Waals surface area contributed by atoms with Gasteiger partial charge in [-0.1, -0.05) is 16.8 Å². The van der Waals surface area contributed by atoms with Gasteiger partial charge in [-0.05, 0) is 0 Å². The molecule has 0 aliphatic carbocycles. The van der Waals surface area contributed by atoms with Crippen LogP contribution in [-0.4, -0.2) is 5.16 Å². The zero-order chi connectivity index (χ0) is 6.69. The highest BCUT2D eigenvalue weighted by Crippen LogP contribution is 2.08. The van der Waals surface area contributed by atoms with Gasteiger partial charge >= 0.3 is 0 Å². The molecular weight excluding hydrogens is 179 g/mol. The lowest BCUT2D eigenvalue weighted by Gasteiger charge is -1.86. The van der Waals surface area contributed by atoms with Gasteiger partial charge in [-0.3, -0.25) is 4.84 Å². The van der Waals surface area contributed by atoms with E-state index in [2.05, 4.69) is 14.5 Å². The SMILES string of the molecule is Cl.NOCc1cc(Cl)no1. The van der Waals surface area contributed by atoms with E-state index in [0.29, 0.717) is 10.9 Å². The third-order valence-electron chi connectivity index (χ3n) is 0.756. The van der Waals surface area contributed by atoms with Gasteiger partial charge in [0.15, 0.2) is 10.9 Å². The van der Waals surface area contributed by atoms with E-state index in [1.54, 1.807) is 0 Å². The van der Waals surface area contributed by atoms with Crippen molar-refractivity contribution in [3.8, 4) is 0 Å². The smallest absolute Gasteiger partial charge is 0.172 e. The lowest BCUT2D eigenvalue weighted by molar-refractivity contribution is 0.103. The van der Waals surface area contributed by atoms with Crippen molar-refractivity contribution in [2.75, 3.05) is 0 Å². The molecule has 4 nitrogen and oxygen atoms in total. The average Bonchev–Trinajstić information content (AvgIpc) is 2.17. The van der Waals surface area contributed by atoms with Gasteiger partial charge in [-0.2, -0.15) is 0 Å². The number of rotatable bonds is 2. The summed E-state index contributed by atoms with van der Waals surface area (Å²) in [7, 11) is 0. The van der Waals surface area contributed by atoms with E-state index in [9.17, 15) is 0 Å². The summed E-state index contributed by atoms with van der Waals surface area (Å²) in [5.74, 6) is 5.26. The zero-order valence-electron chi connectivity index (χ0n) is 4.91. The quantitative estimate of drug-likeness (QED) is 0.701. The number of hydrogen-bond acceptors (Lipinski definition) is 4. The van der Waals surface area contributed by atoms with Crippen molar-refractivity contribution >= 4 is 24.0 Å². The van der Waals surface area contributed by atoms with Gasteiger partial charge in [0.05, 0.1) is 0 Å². The third kappa shape index (κ3) is 2.53. The second-order valence-electron chi connectivity index (χ2n) is 1.43. The normalized spacial score (nSPS) is 9.00. The van der Waals surface area contributed by atoms with E-state index in [1.807, 2.05) is 0 Å². The maximum absolute atomic E-state index is 5.39. The summed E-state index contributed by atoms with van der Waals surface area (Å²) in [6.45, 7) is 0.194. The minimum absolute atomic E-state index is 0. The molecule has 1 aromatic heterocycles. The number of nitrogens with two attached hydrogens (primary N) is 1. The Labute approximate surface area is 68.6 Å². The van der Waals surface area contributed by atoms with Crippen molar-refractivity contribution in [2.45, 2.75) is 6.61 Å². The van der Waals surface area contributed by atoms with Crippen molar-refractivity contribution in [1.29, 1.82) is 0 Å². The molecule has 58 valence electrons. The van der Waals surface area contributed by atoms with Gasteiger partial charge in [0.1, 0.15) is 6.61 Å². The monoisotopic (exact) mass is 184 g/mol. The van der Waals surface area contributed by atoms with E-state index >= 15 is 0 Å². The van der Waals surface area contributed by atoms with Crippen LogP contribution in [0.2, 0.25) is 5.15 Å². The van der Waals surface area contributed by atoms with E-state index in [4.69, 9.17) is 17.5 Å². The highest BCUT2D eigenvalue weighted by Gasteiger charge is 1.98. The van der Waals surface area contributed by atoms with E-state index in [0.717, 1.165) is 0 Å². The molecule has 0 aliphatic heterocycles. The van der Waals surface area contributed by atoms with Crippen LogP contribution in [0, 0.1) is 0 Å². The highest BCUT2D eigenvalue weighted by molar-refractivity contribution is 6.29. The Morgan fingerprint density at radius 2 is 2.50 bits per heavy atom. The predicted octanol–water partition coefficient (Wildman–Crippen LogP) is 1.14. The van der Waals surface area contributed by atoms with Gasteiger partial charge in [-0.25, -0.2) is 5.90 Å². The highest BCUT2D eigenvalue weighted by atomic mass is 35.5. The van der Waals surface area contributed by atoms with Crippen LogP contribution in [0.4, 0.5) is 0 Å². The second-order valence-corrected chi connectivity index (χ2v) is 1.81. The maximum atomic E-state index is 5.39. The van der Waals surface area contributed by atoms with Crippen LogP contribution < -0.4 is 5.90 Å². The molecular formula is C4H6Cl2N2O2. The first-order valence-corrected chi connectivity index (χ1v) is 2.63. The van der Waals surface area contributed by atoms with Crippen LogP contribution in [0.15, 0.2) is 10.6 Å². The van der Waals surface area contributed by atoms with Crippen LogP contribution in [0.5, 0.6) is 0 Å². The molecule has 0 bridgehead atoms. The summed E-state index contributed by atoms with van der Waals surface area (Å²) >= 11 is 5.39. The van der Waals surface area contributed by atoms with Crippen molar-refractivity contribution in [3.05, 3.63) is 17.0 Å². The van der Waals surface area contributed by atoms with Crippen molar-refractivity contribution < 1.29 is 9.36 Å². The molecule has 0 amide bonds. The zero-order valence-corrected chi connectivity index (χ0v) is 6.48. The fourth-order valence-electron chi connectivity index (χ4n) is 0.438. The van der Waals surface area contributed by atoms with Crippen LogP contribution >= 0.6 is 24.0 Å². The first-order valence-electron chi connectivity index (χ1n) is 2.25. The number of nitrogens with zero attached hydrogens (tertiary/aromatic N) is 1. The summed E-state index contributed by atoms with van der Waals surface area (Å²) in [5.41, 5.74) is 0. The van der Waals surface area contributed by atoms with Gasteiger partial charge in [-0.15, -0.1) is 12.4 Å². The number of aromatic nitrogens is 1. The van der Waals surface area contributed by atoms with Crippen molar-refractivity contribution in [2.24, 2.45) is 5.90 Å². The third-order valence-corrected chi connectivity index (χ3v) is 0.934. The maximum Gasteiger partial charge on any atom is 0.172 e. The largest absolute Gasteiger partial charge is 0.357 e. The van der Waals surface area contributed by atoms with E-state index in [-0.39, 0.29) is 19.0 Å². The van der Waals surface area contributed by atoms with Crippen LogP contribution in [0.25, 0.3) is 0 Å². The van der Waals surface area contributed by atoms with Crippen LogP contribution in [0.1, 0.15) is 5.76 Å². The molecule has 0 aliphatic rings. The lowest BCUT2D eigenvalue weighted by Crippen LogP contribution is -1.96. The Hall–Kier alpha value is -0.290. The molecule has 0 atom stereocenters. The molecule has 0 radical (unpaired) electrons. The first kappa shape index (κ1) is 9.71. The first-order chi connectivity index (χ1) is 4.33. The van der Waals surface area contributed by atoms with E-state index < -0.39 is 0 Å². The average molecular weight is 185 g/mol. The molecule has 0 spiro atoms. The number of halogens is 2. The Bertz CT molecular complexity index is 191. The molecule has 0 saturated carbocycles. The fourth-order valence-corrected chi connectivity index (χ4v) is 0.594. The van der Waals surface area contributed by atoms with E-state index in [1.165, 1.54) is 6.07 Å². The number of hydrogen-bond donors (Lipinski definition) is 1. The standard InChI is InChI=1S/C4H5ClN2O2.ClH/c5-4-1-3(2-8-6)9-7-4;/h1H,2,6H2;1H. The minimum atomic E-state index is 0. The summed E-state index contributed by atoms with van der Waals surface area (Å²) in [4.78, 5) is 4.25. The molecule has 0 fully saturated rings. The Morgan fingerprint density at radius 1 is 1.80 bits per heavy atom. The Kier molecular flexibility index (Phi) is 4.38. The lowest BCUT2D eigenvalue weighted by atomic mass is 10.5. The summed E-state index contributed by atoms with van der Waals surface area (Å²) in [5, 5.41) is 3.70. The topological polar surface area (TPSA) is 61.3 Å². The molecule has 0 saturated heterocycles. The Balaban J connectivity index is 0.000000810. The molecule has 1 aromatic rings.